The number of hydrogen-bond acceptors (Lipinski definition) is 5. The van der Waals surface area contributed by atoms with Crippen LogP contribution in [0.15, 0.2) is 58.0 Å². The molecule has 1 N–H and O–H groups in total. The minimum atomic E-state index is -0.395. The molecule has 0 radical (unpaired) electrons. The van der Waals surface area contributed by atoms with Gasteiger partial charge in [-0.15, -0.1) is 0 Å². The first-order chi connectivity index (χ1) is 12.1. The average molecular weight is 334 g/mol. The SMILES string of the molecule is Cc1cccc(NC(=O)Cn2cnc3c(oc4ccccc43)c2=O)n1. The van der Waals surface area contributed by atoms with Gasteiger partial charge in [0.15, 0.2) is 0 Å². The lowest BCUT2D eigenvalue weighted by molar-refractivity contribution is -0.116. The van der Waals surface area contributed by atoms with Crippen LogP contribution in [0.25, 0.3) is 22.1 Å². The molecule has 3 heterocycles. The van der Waals surface area contributed by atoms with Crippen LogP contribution < -0.4 is 10.9 Å². The molecule has 0 aliphatic rings. The highest BCUT2D eigenvalue weighted by molar-refractivity contribution is 6.01. The largest absolute Gasteiger partial charge is 0.448 e. The van der Waals surface area contributed by atoms with E-state index in [9.17, 15) is 9.59 Å². The van der Waals surface area contributed by atoms with E-state index in [4.69, 9.17) is 4.42 Å². The Bertz CT molecular complexity index is 1160. The number of pyridine rings is 1. The van der Waals surface area contributed by atoms with Gasteiger partial charge in [-0.3, -0.25) is 14.2 Å². The van der Waals surface area contributed by atoms with E-state index in [0.29, 0.717) is 16.9 Å². The smallest absolute Gasteiger partial charge is 0.297 e. The Morgan fingerprint density at radius 2 is 2.04 bits per heavy atom. The number of rotatable bonds is 3. The van der Waals surface area contributed by atoms with E-state index >= 15 is 0 Å². The number of fused-ring (bicyclic) bond motifs is 3. The van der Waals surface area contributed by atoms with Crippen LogP contribution >= 0.6 is 0 Å². The summed E-state index contributed by atoms with van der Waals surface area (Å²) in [7, 11) is 0. The number of aromatic nitrogens is 3. The second-order valence-electron chi connectivity index (χ2n) is 5.67. The molecule has 7 nitrogen and oxygen atoms in total. The number of carbonyl (C=O) groups is 1. The van der Waals surface area contributed by atoms with Crippen molar-refractivity contribution in [2.24, 2.45) is 0 Å². The zero-order valence-corrected chi connectivity index (χ0v) is 13.4. The summed E-state index contributed by atoms with van der Waals surface area (Å²) in [4.78, 5) is 33.2. The Morgan fingerprint density at radius 1 is 1.20 bits per heavy atom. The molecule has 0 aliphatic heterocycles. The van der Waals surface area contributed by atoms with Gasteiger partial charge in [-0.1, -0.05) is 18.2 Å². The van der Waals surface area contributed by atoms with Crippen molar-refractivity contribution < 1.29 is 9.21 Å². The molecule has 0 fully saturated rings. The topological polar surface area (TPSA) is 90.0 Å². The molecule has 25 heavy (non-hydrogen) atoms. The van der Waals surface area contributed by atoms with E-state index in [1.807, 2.05) is 31.2 Å². The lowest BCUT2D eigenvalue weighted by Crippen LogP contribution is -2.27. The predicted molar refractivity (Wildman–Crippen MR) is 93.4 cm³/mol. The standard InChI is InChI=1S/C18H14N4O3/c1-11-5-4-8-14(20-11)21-15(23)9-22-10-19-16-12-6-2-3-7-13(12)25-17(16)18(22)24/h2-8,10H,9H2,1H3,(H,20,21,23). The van der Waals surface area contributed by atoms with Crippen LogP contribution in [-0.2, 0) is 11.3 Å². The third kappa shape index (κ3) is 2.76. The number of anilines is 1. The van der Waals surface area contributed by atoms with Gasteiger partial charge < -0.3 is 9.73 Å². The third-order valence-corrected chi connectivity index (χ3v) is 3.82. The molecular formula is C18H14N4O3. The van der Waals surface area contributed by atoms with Crippen LogP contribution in [-0.4, -0.2) is 20.4 Å². The number of amides is 1. The summed E-state index contributed by atoms with van der Waals surface area (Å²) in [6, 6.07) is 12.6. The van der Waals surface area contributed by atoms with Gasteiger partial charge >= 0.3 is 0 Å². The van der Waals surface area contributed by atoms with Crippen molar-refractivity contribution in [3.8, 4) is 0 Å². The molecule has 4 aromatic rings. The maximum absolute atomic E-state index is 12.6. The minimum absolute atomic E-state index is 0.144. The summed E-state index contributed by atoms with van der Waals surface area (Å²) in [6.45, 7) is 1.66. The molecule has 0 atom stereocenters. The molecule has 1 aromatic carbocycles. The van der Waals surface area contributed by atoms with Gasteiger partial charge in [-0.2, -0.15) is 0 Å². The molecule has 0 saturated heterocycles. The van der Waals surface area contributed by atoms with Gasteiger partial charge in [-0.05, 0) is 31.2 Å². The van der Waals surface area contributed by atoms with E-state index < -0.39 is 5.56 Å². The number of aryl methyl sites for hydroxylation is 1. The van der Waals surface area contributed by atoms with Crippen LogP contribution in [0.2, 0.25) is 0 Å². The van der Waals surface area contributed by atoms with Crippen molar-refractivity contribution in [3.63, 3.8) is 0 Å². The maximum Gasteiger partial charge on any atom is 0.297 e. The molecule has 1 amide bonds. The van der Waals surface area contributed by atoms with E-state index in [1.165, 1.54) is 10.9 Å². The van der Waals surface area contributed by atoms with Gasteiger partial charge in [0.25, 0.3) is 5.56 Å². The molecule has 124 valence electrons. The summed E-state index contributed by atoms with van der Waals surface area (Å²) in [6.07, 6.45) is 1.36. The average Bonchev–Trinajstić information content (AvgIpc) is 2.97. The Hall–Kier alpha value is -3.48. The number of para-hydroxylation sites is 1. The summed E-state index contributed by atoms with van der Waals surface area (Å²) >= 11 is 0. The number of nitrogens with zero attached hydrogens (tertiary/aromatic N) is 3. The summed E-state index contributed by atoms with van der Waals surface area (Å²) in [5.74, 6) is 0.0771. The number of furan rings is 1. The quantitative estimate of drug-likeness (QED) is 0.621. The van der Waals surface area contributed by atoms with Crippen molar-refractivity contribution in [3.05, 3.63) is 64.8 Å². The fourth-order valence-electron chi connectivity index (χ4n) is 2.68. The van der Waals surface area contributed by atoms with Crippen LogP contribution in [0, 0.1) is 6.92 Å². The van der Waals surface area contributed by atoms with E-state index in [-0.39, 0.29) is 18.0 Å². The molecule has 0 spiro atoms. The van der Waals surface area contributed by atoms with Gasteiger partial charge in [0.05, 0.1) is 6.33 Å². The first-order valence-electron chi connectivity index (χ1n) is 7.72. The third-order valence-electron chi connectivity index (χ3n) is 3.82. The lowest BCUT2D eigenvalue weighted by Gasteiger charge is -2.06. The summed E-state index contributed by atoms with van der Waals surface area (Å²) in [5, 5.41) is 3.44. The number of benzene rings is 1. The van der Waals surface area contributed by atoms with Crippen molar-refractivity contribution in [2.75, 3.05) is 5.32 Å². The van der Waals surface area contributed by atoms with Crippen LogP contribution in [0.1, 0.15) is 5.69 Å². The zero-order valence-electron chi connectivity index (χ0n) is 13.4. The second kappa shape index (κ2) is 5.86. The zero-order chi connectivity index (χ0) is 17.4. The number of nitrogens with one attached hydrogen (secondary N) is 1. The van der Waals surface area contributed by atoms with E-state index in [2.05, 4.69) is 15.3 Å². The normalized spacial score (nSPS) is 11.1. The molecule has 0 unspecified atom stereocenters. The highest BCUT2D eigenvalue weighted by atomic mass is 16.3. The highest BCUT2D eigenvalue weighted by Crippen LogP contribution is 2.23. The van der Waals surface area contributed by atoms with Gasteiger partial charge in [0.1, 0.15) is 23.5 Å². The molecule has 3 aromatic heterocycles. The van der Waals surface area contributed by atoms with Crippen LogP contribution in [0.4, 0.5) is 5.82 Å². The Morgan fingerprint density at radius 3 is 2.88 bits per heavy atom. The number of carbonyl (C=O) groups excluding carboxylic acids is 1. The van der Waals surface area contributed by atoms with E-state index in [1.54, 1.807) is 18.2 Å². The first-order valence-corrected chi connectivity index (χ1v) is 7.72. The van der Waals surface area contributed by atoms with Crippen LogP contribution in [0.3, 0.4) is 0 Å². The number of hydrogen-bond donors (Lipinski definition) is 1. The molecule has 4 rings (SSSR count). The van der Waals surface area contributed by atoms with Gasteiger partial charge in [0, 0.05) is 11.1 Å². The molecule has 7 heteroatoms. The first kappa shape index (κ1) is 15.1. The summed E-state index contributed by atoms with van der Waals surface area (Å²) in [5.41, 5.74) is 1.63. The Balaban J connectivity index is 1.65. The van der Waals surface area contributed by atoms with Gasteiger partial charge in [0.2, 0.25) is 11.5 Å². The minimum Gasteiger partial charge on any atom is -0.448 e. The maximum atomic E-state index is 12.6. The van der Waals surface area contributed by atoms with Gasteiger partial charge in [-0.25, -0.2) is 9.97 Å². The monoisotopic (exact) mass is 334 g/mol. The van der Waals surface area contributed by atoms with E-state index in [0.717, 1.165) is 11.1 Å². The van der Waals surface area contributed by atoms with Crippen molar-refractivity contribution in [1.29, 1.82) is 0 Å². The van der Waals surface area contributed by atoms with Crippen molar-refractivity contribution >= 4 is 33.8 Å². The molecule has 0 bridgehead atoms. The second-order valence-corrected chi connectivity index (χ2v) is 5.67. The van der Waals surface area contributed by atoms with Crippen LogP contribution in [0.5, 0.6) is 0 Å². The summed E-state index contributed by atoms with van der Waals surface area (Å²) < 4.78 is 6.82. The predicted octanol–water partition coefficient (Wildman–Crippen LogP) is 2.48. The Labute approximate surface area is 141 Å². The Kier molecular flexibility index (Phi) is 3.53. The van der Waals surface area contributed by atoms with Crippen molar-refractivity contribution in [1.82, 2.24) is 14.5 Å². The highest BCUT2D eigenvalue weighted by Gasteiger charge is 2.14. The lowest BCUT2D eigenvalue weighted by atomic mass is 10.2. The van der Waals surface area contributed by atoms with Crippen molar-refractivity contribution in [2.45, 2.75) is 13.5 Å². The fourth-order valence-corrected chi connectivity index (χ4v) is 2.68. The molecule has 0 saturated carbocycles. The molecular weight excluding hydrogens is 320 g/mol. The molecule has 0 aliphatic carbocycles. The fraction of sp³-hybridized carbons (Fsp3) is 0.111.